The summed E-state index contributed by atoms with van der Waals surface area (Å²) in [5.41, 5.74) is 3.60. The van der Waals surface area contributed by atoms with Crippen LogP contribution < -0.4 is 10.2 Å². The molecule has 0 fully saturated rings. The van der Waals surface area contributed by atoms with Crippen LogP contribution in [0.4, 0.5) is 5.69 Å². The van der Waals surface area contributed by atoms with Crippen LogP contribution >= 0.6 is 24.8 Å². The van der Waals surface area contributed by atoms with E-state index in [1.807, 2.05) is 10.9 Å². The summed E-state index contributed by atoms with van der Waals surface area (Å²) in [6.45, 7) is 5.93. The number of halogens is 2. The molecule has 0 unspecified atom stereocenters. The molecule has 0 saturated carbocycles. The molecule has 22 heavy (non-hydrogen) atoms. The third-order valence-electron chi connectivity index (χ3n) is 3.28. The maximum atomic E-state index is 4.53. The maximum Gasteiger partial charge on any atom is 0.0762 e. The molecule has 1 aromatic heterocycles. The van der Waals surface area contributed by atoms with Crippen molar-refractivity contribution in [2.75, 3.05) is 19.0 Å². The number of hydrogen-bond donors (Lipinski definition) is 1. The van der Waals surface area contributed by atoms with Gasteiger partial charge < -0.3 is 10.2 Å². The molecule has 1 N–H and O–H groups in total. The Bertz CT molecular complexity index is 535. The van der Waals surface area contributed by atoms with Crippen LogP contribution in [0, 0.1) is 0 Å². The summed E-state index contributed by atoms with van der Waals surface area (Å²) in [6.07, 6.45) is 2.04. The number of nitrogens with one attached hydrogen (secondary N) is 1. The Morgan fingerprint density at radius 1 is 1.05 bits per heavy atom. The van der Waals surface area contributed by atoms with E-state index < -0.39 is 0 Å². The highest BCUT2D eigenvalue weighted by Crippen LogP contribution is 2.12. The van der Waals surface area contributed by atoms with Crippen LogP contribution in [0.1, 0.15) is 31.1 Å². The normalized spacial score (nSPS) is 10.0. The highest BCUT2D eigenvalue weighted by atomic mass is 35.5. The van der Waals surface area contributed by atoms with Crippen LogP contribution in [0.5, 0.6) is 0 Å². The second-order valence-corrected chi connectivity index (χ2v) is 5.55. The van der Waals surface area contributed by atoms with Crippen molar-refractivity contribution in [2.24, 2.45) is 0 Å². The molecule has 0 saturated heterocycles. The van der Waals surface area contributed by atoms with E-state index in [9.17, 15) is 0 Å². The zero-order valence-corrected chi connectivity index (χ0v) is 15.2. The lowest BCUT2D eigenvalue weighted by molar-refractivity contribution is 0.521. The van der Waals surface area contributed by atoms with Crippen LogP contribution in [-0.4, -0.2) is 23.9 Å². The second-order valence-electron chi connectivity index (χ2n) is 5.55. The second kappa shape index (κ2) is 9.72. The molecular weight excluding hydrogens is 319 g/mol. The maximum absolute atomic E-state index is 4.53. The lowest BCUT2D eigenvalue weighted by Gasteiger charge is -2.12. The summed E-state index contributed by atoms with van der Waals surface area (Å²) in [5.74, 6) is 0. The molecule has 0 spiro atoms. The average Bonchev–Trinajstić information content (AvgIpc) is 2.88. The van der Waals surface area contributed by atoms with Gasteiger partial charge >= 0.3 is 0 Å². The highest BCUT2D eigenvalue weighted by Gasteiger charge is 2.02. The van der Waals surface area contributed by atoms with Crippen molar-refractivity contribution in [2.45, 2.75) is 33.0 Å². The molecule has 2 aromatic rings. The van der Waals surface area contributed by atoms with E-state index in [1.54, 1.807) is 0 Å². The number of benzene rings is 1. The zero-order chi connectivity index (χ0) is 14.5. The summed E-state index contributed by atoms with van der Waals surface area (Å²) in [4.78, 5) is 2.11. The molecule has 0 aliphatic carbocycles. The van der Waals surface area contributed by atoms with E-state index in [1.165, 1.54) is 11.3 Å². The summed E-state index contributed by atoms with van der Waals surface area (Å²) in [6, 6.07) is 11.1. The van der Waals surface area contributed by atoms with E-state index in [4.69, 9.17) is 0 Å². The van der Waals surface area contributed by atoms with Crippen molar-refractivity contribution < 1.29 is 0 Å². The Labute approximate surface area is 145 Å². The van der Waals surface area contributed by atoms with Gasteiger partial charge in [0.1, 0.15) is 0 Å². The van der Waals surface area contributed by atoms with Crippen LogP contribution in [0.15, 0.2) is 36.5 Å². The lowest BCUT2D eigenvalue weighted by atomic mass is 10.2. The molecule has 1 aromatic carbocycles. The van der Waals surface area contributed by atoms with Crippen molar-refractivity contribution in [3.05, 3.63) is 47.8 Å². The third-order valence-corrected chi connectivity index (χ3v) is 3.28. The summed E-state index contributed by atoms with van der Waals surface area (Å²) in [5, 5.41) is 7.96. The molecule has 6 heteroatoms. The van der Waals surface area contributed by atoms with Crippen molar-refractivity contribution in [1.82, 2.24) is 15.1 Å². The van der Waals surface area contributed by atoms with Crippen LogP contribution in [0.25, 0.3) is 0 Å². The Morgan fingerprint density at radius 2 is 1.68 bits per heavy atom. The molecule has 0 aliphatic rings. The van der Waals surface area contributed by atoms with Crippen molar-refractivity contribution >= 4 is 30.5 Å². The minimum Gasteiger partial charge on any atom is -0.378 e. The predicted molar refractivity (Wildman–Crippen MR) is 98.4 cm³/mol. The summed E-state index contributed by atoms with van der Waals surface area (Å²) < 4.78 is 1.99. The van der Waals surface area contributed by atoms with Gasteiger partial charge in [-0.2, -0.15) is 5.10 Å². The fourth-order valence-corrected chi connectivity index (χ4v) is 2.01. The summed E-state index contributed by atoms with van der Waals surface area (Å²) in [7, 11) is 4.11. The molecule has 0 bridgehead atoms. The highest BCUT2D eigenvalue weighted by molar-refractivity contribution is 5.85. The van der Waals surface area contributed by atoms with Crippen molar-refractivity contribution in [1.29, 1.82) is 0 Å². The van der Waals surface area contributed by atoms with Gasteiger partial charge in [-0.3, -0.25) is 4.68 Å². The van der Waals surface area contributed by atoms with Gasteiger partial charge in [0, 0.05) is 45.1 Å². The van der Waals surface area contributed by atoms with Gasteiger partial charge in [-0.25, -0.2) is 0 Å². The number of nitrogens with zero attached hydrogens (tertiary/aromatic N) is 3. The third kappa shape index (κ3) is 5.87. The molecule has 0 atom stereocenters. The molecule has 1 heterocycles. The molecule has 0 radical (unpaired) electrons. The van der Waals surface area contributed by atoms with Gasteiger partial charge in [0.05, 0.1) is 5.69 Å². The SMILES string of the molecule is CC(C)n1ccc(CNCc2ccc(N(C)C)cc2)n1.Cl.Cl. The fourth-order valence-electron chi connectivity index (χ4n) is 2.01. The predicted octanol–water partition coefficient (Wildman–Crippen LogP) is 3.66. The number of hydrogen-bond acceptors (Lipinski definition) is 3. The topological polar surface area (TPSA) is 33.1 Å². The minimum absolute atomic E-state index is 0. The van der Waals surface area contributed by atoms with Gasteiger partial charge in [-0.15, -0.1) is 24.8 Å². The molecule has 0 aliphatic heterocycles. The van der Waals surface area contributed by atoms with Gasteiger partial charge in [0.2, 0.25) is 0 Å². The van der Waals surface area contributed by atoms with E-state index in [2.05, 4.69) is 73.6 Å². The molecule has 0 amide bonds. The first kappa shape index (κ1) is 20.8. The first-order valence-electron chi connectivity index (χ1n) is 7.07. The number of anilines is 1. The zero-order valence-electron chi connectivity index (χ0n) is 13.6. The molecule has 4 nitrogen and oxygen atoms in total. The minimum atomic E-state index is 0. The van der Waals surface area contributed by atoms with Crippen LogP contribution in [-0.2, 0) is 13.1 Å². The first-order chi connectivity index (χ1) is 9.56. The average molecular weight is 345 g/mol. The van der Waals surface area contributed by atoms with Crippen LogP contribution in [0.3, 0.4) is 0 Å². The van der Waals surface area contributed by atoms with Gasteiger partial charge in [-0.1, -0.05) is 12.1 Å². The van der Waals surface area contributed by atoms with E-state index >= 15 is 0 Å². The summed E-state index contributed by atoms with van der Waals surface area (Å²) >= 11 is 0. The quantitative estimate of drug-likeness (QED) is 0.867. The largest absolute Gasteiger partial charge is 0.378 e. The Balaban J connectivity index is 0.00000220. The van der Waals surface area contributed by atoms with Crippen LogP contribution in [0.2, 0.25) is 0 Å². The molecule has 2 rings (SSSR count). The standard InChI is InChI=1S/C16H24N4.2ClH/c1-13(2)20-10-9-15(18-20)12-17-11-14-5-7-16(8-6-14)19(3)4;;/h5-10,13,17H,11-12H2,1-4H3;2*1H. The van der Waals surface area contributed by atoms with Gasteiger partial charge in [0.25, 0.3) is 0 Å². The van der Waals surface area contributed by atoms with Gasteiger partial charge in [0.15, 0.2) is 0 Å². The fraction of sp³-hybridized carbons (Fsp3) is 0.438. The van der Waals surface area contributed by atoms with E-state index in [0.29, 0.717) is 6.04 Å². The number of aromatic nitrogens is 2. The molecule has 124 valence electrons. The van der Waals surface area contributed by atoms with Gasteiger partial charge in [-0.05, 0) is 37.6 Å². The monoisotopic (exact) mass is 344 g/mol. The van der Waals surface area contributed by atoms with Crippen molar-refractivity contribution in [3.63, 3.8) is 0 Å². The Kier molecular flexibility index (Phi) is 9.18. The lowest BCUT2D eigenvalue weighted by Crippen LogP contribution is -2.14. The van der Waals surface area contributed by atoms with E-state index in [0.717, 1.165) is 18.8 Å². The molecular formula is C16H26Cl2N4. The van der Waals surface area contributed by atoms with E-state index in [-0.39, 0.29) is 24.8 Å². The smallest absolute Gasteiger partial charge is 0.0762 e. The Hall–Kier alpha value is -1.23. The first-order valence-corrected chi connectivity index (χ1v) is 7.07. The van der Waals surface area contributed by atoms with Crippen molar-refractivity contribution in [3.8, 4) is 0 Å². The Morgan fingerprint density at radius 3 is 2.18 bits per heavy atom. The number of rotatable bonds is 6.